The number of amides is 1. The van der Waals surface area contributed by atoms with Gasteiger partial charge in [0.15, 0.2) is 0 Å². The van der Waals surface area contributed by atoms with Gasteiger partial charge in [0.05, 0.1) is 11.9 Å². The van der Waals surface area contributed by atoms with Gasteiger partial charge in [0.25, 0.3) is 5.92 Å². The normalized spacial score (nSPS) is 44.7. The van der Waals surface area contributed by atoms with E-state index in [1.165, 1.54) is 0 Å². The highest BCUT2D eigenvalue weighted by Crippen LogP contribution is 2.69. The molecule has 36 heavy (non-hydrogen) atoms. The Morgan fingerprint density at radius 3 is 2.42 bits per heavy atom. The third kappa shape index (κ3) is 5.09. The van der Waals surface area contributed by atoms with Crippen molar-refractivity contribution in [1.29, 1.82) is 0 Å². The maximum Gasteiger partial charge on any atom is 0.274 e. The minimum absolute atomic E-state index is 0.00698. The van der Waals surface area contributed by atoms with Crippen molar-refractivity contribution in [3.05, 3.63) is 0 Å². The van der Waals surface area contributed by atoms with Gasteiger partial charge < -0.3 is 15.5 Å². The number of carbonyl (C=O) groups excluding carboxylic acids is 1. The van der Waals surface area contributed by atoms with E-state index in [1.807, 2.05) is 6.92 Å². The predicted octanol–water partition coefficient (Wildman–Crippen LogP) is 3.80. The second-order valence-corrected chi connectivity index (χ2v) is 15.5. The van der Waals surface area contributed by atoms with E-state index in [1.54, 1.807) is 0 Å². The van der Waals surface area contributed by atoms with Gasteiger partial charge in [-0.1, -0.05) is 20.8 Å². The van der Waals surface area contributed by atoms with E-state index in [-0.39, 0.29) is 60.1 Å². The molecule has 4 fully saturated rings. The summed E-state index contributed by atoms with van der Waals surface area (Å²) < 4.78 is 51.9. The smallest absolute Gasteiger partial charge is 0.274 e. The summed E-state index contributed by atoms with van der Waals surface area (Å²) in [4.78, 5) is 12.3. The number of nitrogens with one attached hydrogen (secondary N) is 1. The van der Waals surface area contributed by atoms with Crippen molar-refractivity contribution in [3.63, 3.8) is 0 Å². The number of sulfone groups is 1. The van der Waals surface area contributed by atoms with Crippen LogP contribution in [0.1, 0.15) is 78.6 Å². The van der Waals surface area contributed by atoms with Gasteiger partial charge in [0.1, 0.15) is 15.9 Å². The van der Waals surface area contributed by atoms with E-state index >= 15 is 0 Å². The van der Waals surface area contributed by atoms with Crippen molar-refractivity contribution in [3.8, 4) is 0 Å². The number of aliphatic hydroxyl groups is 2. The Labute approximate surface area is 214 Å². The molecule has 4 aliphatic carbocycles. The van der Waals surface area contributed by atoms with Crippen LogP contribution in [0.4, 0.5) is 8.78 Å². The van der Waals surface area contributed by atoms with Crippen LogP contribution in [-0.2, 0) is 14.6 Å². The Kier molecular flexibility index (Phi) is 7.64. The molecule has 0 bridgehead atoms. The van der Waals surface area contributed by atoms with Gasteiger partial charge in [-0.25, -0.2) is 17.2 Å². The minimum atomic E-state index is -3.11. The summed E-state index contributed by atoms with van der Waals surface area (Å²) in [5, 5.41) is 24.1. The van der Waals surface area contributed by atoms with Crippen LogP contribution in [0.5, 0.6) is 0 Å². The van der Waals surface area contributed by atoms with Crippen molar-refractivity contribution in [2.45, 2.75) is 96.7 Å². The molecule has 0 heterocycles. The molecular weight excluding hydrogens is 488 g/mol. The number of rotatable bonds is 7. The zero-order valence-electron chi connectivity index (χ0n) is 22.2. The maximum atomic E-state index is 14.7. The van der Waals surface area contributed by atoms with Crippen molar-refractivity contribution in [2.75, 3.05) is 18.6 Å². The summed E-state index contributed by atoms with van der Waals surface area (Å²) in [6.07, 6.45) is 4.11. The predicted molar refractivity (Wildman–Crippen MR) is 134 cm³/mol. The summed E-state index contributed by atoms with van der Waals surface area (Å²) in [7, 11) is -3.11. The topological polar surface area (TPSA) is 104 Å². The quantitative estimate of drug-likeness (QED) is 0.462. The molecule has 4 rings (SSSR count). The lowest BCUT2D eigenvalue weighted by Gasteiger charge is -2.63. The molecule has 4 aliphatic rings. The fraction of sp³-hybridized carbons (Fsp3) is 0.963. The molecular formula is C27H45F2NO5S. The summed E-state index contributed by atoms with van der Waals surface area (Å²) in [5.41, 5.74) is -0.560. The first-order valence-electron chi connectivity index (χ1n) is 13.8. The number of carbonyl (C=O) groups is 1. The fourth-order valence-electron chi connectivity index (χ4n) is 9.23. The molecule has 0 aliphatic heterocycles. The molecule has 0 saturated heterocycles. The van der Waals surface area contributed by atoms with Gasteiger partial charge in [-0.2, -0.15) is 0 Å². The molecule has 3 N–H and O–H groups in total. The molecule has 3 unspecified atom stereocenters. The average molecular weight is 534 g/mol. The second kappa shape index (κ2) is 9.74. The van der Waals surface area contributed by atoms with Crippen LogP contribution in [0.2, 0.25) is 0 Å². The number of alkyl halides is 2. The van der Waals surface area contributed by atoms with Crippen LogP contribution >= 0.6 is 0 Å². The molecule has 10 atom stereocenters. The summed E-state index contributed by atoms with van der Waals surface area (Å²) in [5.74, 6) is -2.32. The first kappa shape index (κ1) is 28.2. The SMILES string of the molecule is C[C@H](CCC(=O)NCCS(C)(=O)=O)[C@H]1CCC2C3C(CC[C@@]21C)[C@@]1(C)CC(F)(F)[C@H](O)C[C@H]1C[C@@H]3O. The lowest BCUT2D eigenvalue weighted by molar-refractivity contribution is -0.236. The van der Waals surface area contributed by atoms with Crippen LogP contribution in [0.25, 0.3) is 0 Å². The molecule has 4 saturated carbocycles. The molecule has 0 aromatic heterocycles. The highest BCUT2D eigenvalue weighted by atomic mass is 32.2. The monoisotopic (exact) mass is 533 g/mol. The number of fused-ring (bicyclic) bond motifs is 5. The highest BCUT2D eigenvalue weighted by molar-refractivity contribution is 7.90. The Morgan fingerprint density at radius 1 is 1.08 bits per heavy atom. The van der Waals surface area contributed by atoms with Gasteiger partial charge >= 0.3 is 0 Å². The zero-order valence-corrected chi connectivity index (χ0v) is 23.0. The first-order valence-corrected chi connectivity index (χ1v) is 15.8. The van der Waals surface area contributed by atoms with E-state index in [0.29, 0.717) is 24.7 Å². The Hall–Kier alpha value is -0.800. The Balaban J connectivity index is 1.42. The maximum absolute atomic E-state index is 14.7. The van der Waals surface area contributed by atoms with Gasteiger partial charge in [-0.15, -0.1) is 0 Å². The minimum Gasteiger partial charge on any atom is -0.393 e. The lowest BCUT2D eigenvalue weighted by Crippen LogP contribution is -2.62. The van der Waals surface area contributed by atoms with Crippen LogP contribution < -0.4 is 5.32 Å². The number of hydrogen-bond donors (Lipinski definition) is 3. The van der Waals surface area contributed by atoms with Crippen molar-refractivity contribution in [2.24, 2.45) is 46.3 Å². The summed E-state index contributed by atoms with van der Waals surface area (Å²) in [6, 6.07) is 0. The molecule has 0 aromatic rings. The first-order chi connectivity index (χ1) is 16.6. The summed E-state index contributed by atoms with van der Waals surface area (Å²) in [6.45, 7) is 6.62. The van der Waals surface area contributed by atoms with Crippen LogP contribution in [0, 0.1) is 46.3 Å². The molecule has 0 aromatic carbocycles. The van der Waals surface area contributed by atoms with Crippen molar-refractivity contribution in [1.82, 2.24) is 5.32 Å². The Morgan fingerprint density at radius 2 is 1.75 bits per heavy atom. The fourth-order valence-corrected chi connectivity index (χ4v) is 9.70. The molecule has 0 radical (unpaired) electrons. The standard InChI is InChI=1S/C27H45F2NO5S/c1-16(5-8-23(33)30-11-12-36(4,34)35)18-6-7-19-24-20(9-10-25(18,19)2)26(3)15-27(28,29)22(32)14-17(26)13-21(24)31/h16-22,24,31-32H,5-15H2,1-4H3,(H,30,33)/t16-,17-,18-,19?,20?,21+,22-,24?,25-,26+/m1/s1. The van der Waals surface area contributed by atoms with Gasteiger partial charge in [0, 0.05) is 25.6 Å². The van der Waals surface area contributed by atoms with Crippen LogP contribution in [0.15, 0.2) is 0 Å². The van der Waals surface area contributed by atoms with Gasteiger partial charge in [0.2, 0.25) is 5.91 Å². The van der Waals surface area contributed by atoms with Gasteiger partial charge in [-0.3, -0.25) is 4.79 Å². The molecule has 1 amide bonds. The zero-order chi connectivity index (χ0) is 26.7. The largest absolute Gasteiger partial charge is 0.393 e. The van der Waals surface area contributed by atoms with E-state index in [2.05, 4.69) is 19.2 Å². The second-order valence-electron chi connectivity index (χ2n) is 13.2. The van der Waals surface area contributed by atoms with Gasteiger partial charge in [-0.05, 0) is 91.3 Å². The lowest BCUT2D eigenvalue weighted by atomic mass is 9.43. The van der Waals surface area contributed by atoms with Crippen LogP contribution in [-0.4, -0.2) is 61.2 Å². The van der Waals surface area contributed by atoms with E-state index in [9.17, 15) is 32.2 Å². The van der Waals surface area contributed by atoms with E-state index in [4.69, 9.17) is 0 Å². The van der Waals surface area contributed by atoms with E-state index < -0.39 is 33.4 Å². The van der Waals surface area contributed by atoms with E-state index in [0.717, 1.165) is 38.4 Å². The molecule has 208 valence electrons. The molecule has 0 spiro atoms. The van der Waals surface area contributed by atoms with Crippen molar-refractivity contribution < 1.29 is 32.2 Å². The van der Waals surface area contributed by atoms with Crippen molar-refractivity contribution >= 4 is 15.7 Å². The summed E-state index contributed by atoms with van der Waals surface area (Å²) >= 11 is 0. The number of hydrogen-bond acceptors (Lipinski definition) is 5. The Bertz CT molecular complexity index is 944. The third-order valence-electron chi connectivity index (χ3n) is 11.1. The third-order valence-corrected chi connectivity index (χ3v) is 12.0. The van der Waals surface area contributed by atoms with Crippen LogP contribution in [0.3, 0.4) is 0 Å². The highest BCUT2D eigenvalue weighted by Gasteiger charge is 2.66. The number of halogens is 2. The number of aliphatic hydroxyl groups excluding tert-OH is 2. The molecule has 6 nitrogen and oxygen atoms in total. The molecule has 9 heteroatoms. The average Bonchev–Trinajstić information content (AvgIpc) is 3.10.